The standard InChI is InChI=1S/C21H26N2O5/c1-6-23(7-2)21(25)15-10-8-9-14(11-15)20(24)22-16-12-17(26-3)19(28-5)18(13-16)27-4/h8-13H,6-7H2,1-5H3,(H,22,24). The monoisotopic (exact) mass is 386 g/mol. The van der Waals surface area contributed by atoms with E-state index in [0.717, 1.165) is 0 Å². The summed E-state index contributed by atoms with van der Waals surface area (Å²) in [5.74, 6) is 0.857. The van der Waals surface area contributed by atoms with Crippen LogP contribution in [0.15, 0.2) is 36.4 Å². The first-order valence-corrected chi connectivity index (χ1v) is 8.99. The van der Waals surface area contributed by atoms with Crippen molar-refractivity contribution in [1.29, 1.82) is 0 Å². The molecule has 0 saturated heterocycles. The second-order valence-electron chi connectivity index (χ2n) is 5.93. The molecule has 150 valence electrons. The molecule has 2 amide bonds. The zero-order valence-electron chi connectivity index (χ0n) is 16.9. The lowest BCUT2D eigenvalue weighted by Crippen LogP contribution is -2.30. The Morgan fingerprint density at radius 3 is 1.96 bits per heavy atom. The number of ether oxygens (including phenoxy) is 3. The zero-order valence-corrected chi connectivity index (χ0v) is 16.9. The van der Waals surface area contributed by atoms with Crippen LogP contribution in [0.2, 0.25) is 0 Å². The SMILES string of the molecule is CCN(CC)C(=O)c1cccc(C(=O)Nc2cc(OC)c(OC)c(OC)c2)c1. The maximum Gasteiger partial charge on any atom is 0.255 e. The van der Waals surface area contributed by atoms with Gasteiger partial charge in [0, 0.05) is 42.0 Å². The van der Waals surface area contributed by atoms with Crippen LogP contribution in [-0.4, -0.2) is 51.1 Å². The van der Waals surface area contributed by atoms with Crippen LogP contribution in [0.3, 0.4) is 0 Å². The van der Waals surface area contributed by atoms with E-state index >= 15 is 0 Å². The van der Waals surface area contributed by atoms with Crippen LogP contribution in [-0.2, 0) is 0 Å². The van der Waals surface area contributed by atoms with Gasteiger partial charge in [-0.1, -0.05) is 6.07 Å². The average Bonchev–Trinajstić information content (AvgIpc) is 2.73. The number of methoxy groups -OCH3 is 3. The van der Waals surface area contributed by atoms with E-state index in [-0.39, 0.29) is 11.8 Å². The zero-order chi connectivity index (χ0) is 20.7. The summed E-state index contributed by atoms with van der Waals surface area (Å²) < 4.78 is 15.9. The van der Waals surface area contributed by atoms with Crippen LogP contribution < -0.4 is 19.5 Å². The Kier molecular flexibility index (Phi) is 7.26. The van der Waals surface area contributed by atoms with Gasteiger partial charge in [-0.05, 0) is 32.0 Å². The van der Waals surface area contributed by atoms with Crippen LogP contribution in [0.5, 0.6) is 17.2 Å². The molecule has 0 fully saturated rings. The molecule has 0 spiro atoms. The predicted molar refractivity (Wildman–Crippen MR) is 108 cm³/mol. The summed E-state index contributed by atoms with van der Waals surface area (Å²) in [5.41, 5.74) is 1.34. The summed E-state index contributed by atoms with van der Waals surface area (Å²) in [6.45, 7) is 5.05. The summed E-state index contributed by atoms with van der Waals surface area (Å²) in [5, 5.41) is 2.80. The van der Waals surface area contributed by atoms with E-state index in [1.165, 1.54) is 21.3 Å². The van der Waals surface area contributed by atoms with Crippen LogP contribution in [0.1, 0.15) is 34.6 Å². The molecule has 0 radical (unpaired) electrons. The van der Waals surface area contributed by atoms with Gasteiger partial charge in [0.2, 0.25) is 5.75 Å². The molecule has 0 aromatic heterocycles. The highest BCUT2D eigenvalue weighted by atomic mass is 16.5. The number of rotatable bonds is 8. The molecule has 0 heterocycles. The number of hydrogen-bond acceptors (Lipinski definition) is 5. The summed E-state index contributed by atoms with van der Waals surface area (Å²) in [6.07, 6.45) is 0. The fourth-order valence-corrected chi connectivity index (χ4v) is 2.84. The predicted octanol–water partition coefficient (Wildman–Crippen LogP) is 3.45. The molecule has 0 aliphatic rings. The van der Waals surface area contributed by atoms with Gasteiger partial charge in [-0.15, -0.1) is 0 Å². The third kappa shape index (κ3) is 4.54. The fraction of sp³-hybridized carbons (Fsp3) is 0.333. The Morgan fingerprint density at radius 1 is 0.893 bits per heavy atom. The maximum atomic E-state index is 12.7. The molecule has 7 nitrogen and oxygen atoms in total. The molecule has 0 bridgehead atoms. The summed E-state index contributed by atoms with van der Waals surface area (Å²) in [7, 11) is 4.52. The van der Waals surface area contributed by atoms with E-state index in [2.05, 4.69) is 5.32 Å². The van der Waals surface area contributed by atoms with Crippen molar-refractivity contribution in [2.45, 2.75) is 13.8 Å². The molecule has 0 aliphatic heterocycles. The first-order valence-electron chi connectivity index (χ1n) is 8.99. The van der Waals surface area contributed by atoms with E-state index in [9.17, 15) is 9.59 Å². The number of nitrogens with zero attached hydrogens (tertiary/aromatic N) is 1. The Balaban J connectivity index is 2.28. The van der Waals surface area contributed by atoms with Crippen molar-refractivity contribution in [3.8, 4) is 17.2 Å². The van der Waals surface area contributed by atoms with Crippen LogP contribution in [0.25, 0.3) is 0 Å². The van der Waals surface area contributed by atoms with E-state index in [1.807, 2.05) is 13.8 Å². The smallest absolute Gasteiger partial charge is 0.255 e. The van der Waals surface area contributed by atoms with Gasteiger partial charge in [-0.2, -0.15) is 0 Å². The molecule has 1 N–H and O–H groups in total. The molecule has 0 unspecified atom stereocenters. The quantitative estimate of drug-likeness (QED) is 0.752. The lowest BCUT2D eigenvalue weighted by atomic mass is 10.1. The van der Waals surface area contributed by atoms with Crippen LogP contribution >= 0.6 is 0 Å². The number of nitrogens with one attached hydrogen (secondary N) is 1. The second kappa shape index (κ2) is 9.64. The highest BCUT2D eigenvalue weighted by molar-refractivity contribution is 6.06. The van der Waals surface area contributed by atoms with E-state index in [1.54, 1.807) is 41.3 Å². The fourth-order valence-electron chi connectivity index (χ4n) is 2.84. The molecular weight excluding hydrogens is 360 g/mol. The minimum absolute atomic E-state index is 0.104. The van der Waals surface area contributed by atoms with Crippen LogP contribution in [0.4, 0.5) is 5.69 Å². The van der Waals surface area contributed by atoms with Crippen molar-refractivity contribution < 1.29 is 23.8 Å². The number of carbonyl (C=O) groups excluding carboxylic acids is 2. The van der Waals surface area contributed by atoms with Gasteiger partial charge in [0.1, 0.15) is 0 Å². The molecule has 2 aromatic carbocycles. The van der Waals surface area contributed by atoms with Crippen molar-refractivity contribution in [1.82, 2.24) is 4.90 Å². The van der Waals surface area contributed by atoms with E-state index in [4.69, 9.17) is 14.2 Å². The first-order chi connectivity index (χ1) is 13.5. The Morgan fingerprint density at radius 2 is 1.46 bits per heavy atom. The van der Waals surface area contributed by atoms with Gasteiger partial charge in [0.05, 0.1) is 21.3 Å². The summed E-state index contributed by atoms with van der Waals surface area (Å²) in [6, 6.07) is 9.94. The van der Waals surface area contributed by atoms with Gasteiger partial charge in [-0.3, -0.25) is 9.59 Å². The van der Waals surface area contributed by atoms with Crippen molar-refractivity contribution in [2.24, 2.45) is 0 Å². The van der Waals surface area contributed by atoms with E-state index < -0.39 is 0 Å². The van der Waals surface area contributed by atoms with Gasteiger partial charge >= 0.3 is 0 Å². The van der Waals surface area contributed by atoms with Gasteiger partial charge < -0.3 is 24.4 Å². The van der Waals surface area contributed by atoms with Gasteiger partial charge in [0.15, 0.2) is 11.5 Å². The Labute approximate surface area is 165 Å². The molecule has 2 aromatic rings. The largest absolute Gasteiger partial charge is 0.493 e. The highest BCUT2D eigenvalue weighted by Crippen LogP contribution is 2.40. The minimum Gasteiger partial charge on any atom is -0.493 e. The third-order valence-electron chi connectivity index (χ3n) is 4.34. The Hall–Kier alpha value is -3.22. The second-order valence-corrected chi connectivity index (χ2v) is 5.93. The highest BCUT2D eigenvalue weighted by Gasteiger charge is 2.17. The number of benzene rings is 2. The molecule has 0 aliphatic carbocycles. The molecule has 0 atom stereocenters. The van der Waals surface area contributed by atoms with Crippen molar-refractivity contribution in [2.75, 3.05) is 39.7 Å². The molecule has 28 heavy (non-hydrogen) atoms. The summed E-state index contributed by atoms with van der Waals surface area (Å²) >= 11 is 0. The van der Waals surface area contributed by atoms with Crippen molar-refractivity contribution in [3.05, 3.63) is 47.5 Å². The third-order valence-corrected chi connectivity index (χ3v) is 4.34. The average molecular weight is 386 g/mol. The molecule has 0 saturated carbocycles. The number of amides is 2. The lowest BCUT2D eigenvalue weighted by Gasteiger charge is -2.19. The van der Waals surface area contributed by atoms with Crippen molar-refractivity contribution in [3.63, 3.8) is 0 Å². The normalized spacial score (nSPS) is 10.2. The number of anilines is 1. The van der Waals surface area contributed by atoms with Crippen molar-refractivity contribution >= 4 is 17.5 Å². The number of carbonyl (C=O) groups is 2. The lowest BCUT2D eigenvalue weighted by molar-refractivity contribution is 0.0773. The van der Waals surface area contributed by atoms with Crippen LogP contribution in [0, 0.1) is 0 Å². The first kappa shape index (κ1) is 21.1. The van der Waals surface area contributed by atoms with Gasteiger partial charge in [0.25, 0.3) is 11.8 Å². The van der Waals surface area contributed by atoms with Gasteiger partial charge in [-0.25, -0.2) is 0 Å². The maximum absolute atomic E-state index is 12.7. The number of hydrogen-bond donors (Lipinski definition) is 1. The molecule has 7 heteroatoms. The molecule has 2 rings (SSSR count). The Bertz CT molecular complexity index is 821. The summed E-state index contributed by atoms with van der Waals surface area (Å²) in [4.78, 5) is 26.9. The molecular formula is C21H26N2O5. The minimum atomic E-state index is -0.344. The van der Waals surface area contributed by atoms with E-state index in [0.29, 0.717) is 47.2 Å². The topological polar surface area (TPSA) is 77.1 Å².